The van der Waals surface area contributed by atoms with E-state index in [0.717, 1.165) is 19.5 Å². The summed E-state index contributed by atoms with van der Waals surface area (Å²) in [6.45, 7) is 1.70. The van der Waals surface area contributed by atoms with Crippen LogP contribution in [0.15, 0.2) is 24.3 Å². The van der Waals surface area contributed by atoms with Gasteiger partial charge in [0.15, 0.2) is 5.11 Å². The van der Waals surface area contributed by atoms with Crippen molar-refractivity contribution in [1.29, 1.82) is 0 Å². The highest BCUT2D eigenvalue weighted by molar-refractivity contribution is 7.80. The summed E-state index contributed by atoms with van der Waals surface area (Å²) in [5, 5.41) is 14.2. The molecule has 0 saturated heterocycles. The second kappa shape index (κ2) is 8.28. The van der Waals surface area contributed by atoms with Crippen molar-refractivity contribution >= 4 is 28.7 Å². The predicted octanol–water partition coefficient (Wildman–Crippen LogP) is 1.34. The zero-order valence-corrected chi connectivity index (χ0v) is 12.4. The van der Waals surface area contributed by atoms with E-state index in [0.29, 0.717) is 10.8 Å². The lowest BCUT2D eigenvalue weighted by molar-refractivity contribution is -0.384. The van der Waals surface area contributed by atoms with Crippen LogP contribution in [0.1, 0.15) is 6.42 Å². The van der Waals surface area contributed by atoms with Crippen LogP contribution >= 0.6 is 12.2 Å². The second-order valence-electron chi connectivity index (χ2n) is 4.44. The van der Waals surface area contributed by atoms with Crippen LogP contribution in [0.5, 0.6) is 0 Å². The fraction of sp³-hybridized carbons (Fsp3) is 0.417. The van der Waals surface area contributed by atoms with Crippen molar-refractivity contribution in [2.75, 3.05) is 32.6 Å². The number of nitro groups is 1. The lowest BCUT2D eigenvalue weighted by Crippen LogP contribution is -2.39. The van der Waals surface area contributed by atoms with E-state index in [-0.39, 0.29) is 5.69 Å². The number of anilines is 1. The van der Waals surface area contributed by atoms with E-state index in [1.54, 1.807) is 18.2 Å². The van der Waals surface area contributed by atoms with E-state index in [1.165, 1.54) is 6.07 Å². The van der Waals surface area contributed by atoms with Crippen molar-refractivity contribution in [3.8, 4) is 0 Å². The third-order valence-electron chi connectivity index (χ3n) is 2.48. The molecule has 0 saturated carbocycles. The summed E-state index contributed by atoms with van der Waals surface area (Å²) in [7, 11) is 4.01. The Labute approximate surface area is 123 Å². The van der Waals surface area contributed by atoms with E-state index < -0.39 is 4.92 Å². The van der Waals surface area contributed by atoms with Crippen molar-refractivity contribution < 1.29 is 4.92 Å². The average molecular weight is 297 g/mol. The van der Waals surface area contributed by atoms with Gasteiger partial charge in [-0.2, -0.15) is 0 Å². The molecule has 0 unspecified atom stereocenters. The molecule has 0 aliphatic heterocycles. The zero-order valence-electron chi connectivity index (χ0n) is 11.5. The Morgan fingerprint density at radius 2 is 2.10 bits per heavy atom. The molecule has 0 aliphatic rings. The molecule has 20 heavy (non-hydrogen) atoms. The number of nitrogens with one attached hydrogen (secondary N) is 3. The monoisotopic (exact) mass is 297 g/mol. The Bertz CT molecular complexity index is 467. The van der Waals surface area contributed by atoms with E-state index in [2.05, 4.69) is 21.1 Å². The minimum absolute atomic E-state index is 0.00425. The van der Waals surface area contributed by atoms with Gasteiger partial charge in [0.2, 0.25) is 0 Å². The molecule has 0 atom stereocenters. The standard InChI is InChI=1S/C12H19N5O2S/c1-16(2)9-5-8-13-12(20)15-14-10-6-3-4-7-11(10)17(18)19/h3-4,6-7,14H,5,8-9H2,1-2H3,(H2,13,15,20). The van der Waals surface area contributed by atoms with Crippen LogP contribution in [0.4, 0.5) is 11.4 Å². The van der Waals surface area contributed by atoms with Gasteiger partial charge in [0, 0.05) is 12.6 Å². The fourth-order valence-corrected chi connectivity index (χ4v) is 1.66. The van der Waals surface area contributed by atoms with Crippen LogP contribution in [0.25, 0.3) is 0 Å². The largest absolute Gasteiger partial charge is 0.361 e. The molecule has 0 heterocycles. The third kappa shape index (κ3) is 5.81. The van der Waals surface area contributed by atoms with Crippen LogP contribution in [-0.2, 0) is 0 Å². The molecular weight excluding hydrogens is 278 g/mol. The van der Waals surface area contributed by atoms with Crippen molar-refractivity contribution in [3.63, 3.8) is 0 Å². The van der Waals surface area contributed by atoms with Gasteiger partial charge >= 0.3 is 0 Å². The molecule has 3 N–H and O–H groups in total. The molecule has 0 amide bonds. The van der Waals surface area contributed by atoms with Crippen LogP contribution in [0.3, 0.4) is 0 Å². The summed E-state index contributed by atoms with van der Waals surface area (Å²) < 4.78 is 0. The summed E-state index contributed by atoms with van der Waals surface area (Å²) >= 11 is 5.07. The number of hydrogen-bond acceptors (Lipinski definition) is 5. The third-order valence-corrected chi connectivity index (χ3v) is 2.73. The number of hydrogen-bond donors (Lipinski definition) is 3. The maximum absolute atomic E-state index is 10.8. The highest BCUT2D eigenvalue weighted by Gasteiger charge is 2.11. The Morgan fingerprint density at radius 1 is 1.40 bits per heavy atom. The number of nitro benzene ring substituents is 1. The minimum Gasteiger partial charge on any atom is -0.361 e. The van der Waals surface area contributed by atoms with Crippen molar-refractivity contribution in [2.45, 2.75) is 6.42 Å². The van der Waals surface area contributed by atoms with Gasteiger partial charge in [-0.05, 0) is 45.3 Å². The van der Waals surface area contributed by atoms with Crippen molar-refractivity contribution in [1.82, 2.24) is 15.6 Å². The maximum Gasteiger partial charge on any atom is 0.294 e. The Kier molecular flexibility index (Phi) is 6.68. The number of nitrogens with zero attached hydrogens (tertiary/aromatic N) is 2. The predicted molar refractivity (Wildman–Crippen MR) is 83.6 cm³/mol. The fourth-order valence-electron chi connectivity index (χ4n) is 1.50. The molecule has 0 spiro atoms. The van der Waals surface area contributed by atoms with Gasteiger partial charge in [-0.25, -0.2) is 0 Å². The SMILES string of the molecule is CN(C)CCCNC(=S)NNc1ccccc1[N+](=O)[O-]. The molecule has 8 heteroatoms. The zero-order chi connectivity index (χ0) is 15.0. The first kappa shape index (κ1) is 16.1. The molecular formula is C12H19N5O2S. The van der Waals surface area contributed by atoms with Gasteiger partial charge in [0.1, 0.15) is 5.69 Å². The van der Waals surface area contributed by atoms with Crippen LogP contribution in [-0.4, -0.2) is 42.1 Å². The topological polar surface area (TPSA) is 82.5 Å². The van der Waals surface area contributed by atoms with Gasteiger partial charge in [0.05, 0.1) is 4.92 Å². The molecule has 1 aromatic rings. The summed E-state index contributed by atoms with van der Waals surface area (Å²) in [6.07, 6.45) is 0.959. The highest BCUT2D eigenvalue weighted by atomic mass is 32.1. The number of thiocarbonyl (C=S) groups is 1. The van der Waals surface area contributed by atoms with Gasteiger partial charge in [-0.1, -0.05) is 12.1 Å². The molecule has 1 aromatic carbocycles. The number of para-hydroxylation sites is 2. The Morgan fingerprint density at radius 3 is 2.75 bits per heavy atom. The van der Waals surface area contributed by atoms with E-state index in [9.17, 15) is 10.1 Å². The van der Waals surface area contributed by atoms with Gasteiger partial charge < -0.3 is 10.2 Å². The molecule has 0 bridgehead atoms. The minimum atomic E-state index is -0.447. The summed E-state index contributed by atoms with van der Waals surface area (Å²) in [5.41, 5.74) is 5.84. The maximum atomic E-state index is 10.8. The molecule has 0 radical (unpaired) electrons. The first-order valence-corrected chi connectivity index (χ1v) is 6.59. The number of benzene rings is 1. The smallest absolute Gasteiger partial charge is 0.294 e. The molecule has 110 valence electrons. The van der Waals surface area contributed by atoms with Crippen molar-refractivity contribution in [3.05, 3.63) is 34.4 Å². The molecule has 0 aliphatic carbocycles. The highest BCUT2D eigenvalue weighted by Crippen LogP contribution is 2.21. The summed E-state index contributed by atoms with van der Waals surface area (Å²) in [5.74, 6) is 0. The first-order valence-electron chi connectivity index (χ1n) is 6.18. The number of hydrazine groups is 1. The lowest BCUT2D eigenvalue weighted by Gasteiger charge is -2.13. The van der Waals surface area contributed by atoms with Crippen LogP contribution in [0, 0.1) is 10.1 Å². The number of rotatable bonds is 7. The summed E-state index contributed by atoms with van der Waals surface area (Å²) in [6, 6.07) is 6.36. The van der Waals surface area contributed by atoms with Crippen LogP contribution in [0.2, 0.25) is 0 Å². The normalized spacial score (nSPS) is 10.2. The Balaban J connectivity index is 2.36. The molecule has 0 aromatic heterocycles. The first-order chi connectivity index (χ1) is 9.50. The second-order valence-corrected chi connectivity index (χ2v) is 4.85. The average Bonchev–Trinajstić information content (AvgIpc) is 2.41. The molecule has 0 fully saturated rings. The van der Waals surface area contributed by atoms with Gasteiger partial charge in [-0.3, -0.25) is 21.0 Å². The quantitative estimate of drug-likeness (QED) is 0.303. The Hall–Kier alpha value is -1.93. The van der Waals surface area contributed by atoms with Gasteiger partial charge in [0.25, 0.3) is 5.69 Å². The molecule has 7 nitrogen and oxygen atoms in total. The van der Waals surface area contributed by atoms with Crippen LogP contribution < -0.4 is 16.2 Å². The van der Waals surface area contributed by atoms with E-state index in [1.807, 2.05) is 14.1 Å². The van der Waals surface area contributed by atoms with E-state index in [4.69, 9.17) is 12.2 Å². The lowest BCUT2D eigenvalue weighted by atomic mass is 10.3. The van der Waals surface area contributed by atoms with Gasteiger partial charge in [-0.15, -0.1) is 0 Å². The molecule has 1 rings (SSSR count). The summed E-state index contributed by atoms with van der Waals surface area (Å²) in [4.78, 5) is 12.5. The van der Waals surface area contributed by atoms with E-state index >= 15 is 0 Å². The van der Waals surface area contributed by atoms with Crippen molar-refractivity contribution in [2.24, 2.45) is 0 Å².